The quantitative estimate of drug-likeness (QED) is 0.420. The maximum atomic E-state index is 13.5. The van der Waals surface area contributed by atoms with Crippen LogP contribution in [0.2, 0.25) is 10.0 Å². The smallest absolute Gasteiger partial charge is 0.408 e. The van der Waals surface area contributed by atoms with Gasteiger partial charge in [0, 0.05) is 43.9 Å². The Morgan fingerprint density at radius 1 is 0.864 bits per heavy atom. The largest absolute Gasteiger partial charge is 0.465 e. The van der Waals surface area contributed by atoms with Crippen molar-refractivity contribution >= 4 is 58.5 Å². The first-order valence-electron chi connectivity index (χ1n) is 13.7. The second-order valence-electron chi connectivity index (χ2n) is 10.9. The van der Waals surface area contributed by atoms with Gasteiger partial charge >= 0.3 is 12.1 Å². The van der Waals surface area contributed by atoms with Gasteiger partial charge in [-0.25, -0.2) is 18.4 Å². The van der Waals surface area contributed by atoms with E-state index in [1.807, 2.05) is 0 Å². The van der Waals surface area contributed by atoms with Gasteiger partial charge in [-0.2, -0.15) is 0 Å². The Morgan fingerprint density at radius 3 is 1.73 bits per heavy atom. The number of hydrogen-bond acceptors (Lipinski definition) is 6. The van der Waals surface area contributed by atoms with Gasteiger partial charge in [-0.15, -0.1) is 0 Å². The van der Waals surface area contributed by atoms with Crippen LogP contribution in [0.3, 0.4) is 0 Å². The fraction of sp³-hybridized carbons (Fsp3) is 0.429. The third kappa shape index (κ3) is 8.76. The number of urea groups is 1. The van der Waals surface area contributed by atoms with Crippen LogP contribution in [0.15, 0.2) is 36.4 Å². The predicted molar refractivity (Wildman–Crippen MR) is 162 cm³/mol. The molecule has 0 atom stereocenters. The van der Waals surface area contributed by atoms with E-state index in [4.69, 9.17) is 28.9 Å². The molecule has 44 heavy (non-hydrogen) atoms. The maximum Gasteiger partial charge on any atom is 0.408 e. The summed E-state index contributed by atoms with van der Waals surface area (Å²) in [7, 11) is 0. The van der Waals surface area contributed by atoms with Gasteiger partial charge in [0.05, 0.1) is 21.4 Å². The lowest BCUT2D eigenvalue weighted by molar-refractivity contribution is -0.132. The maximum absolute atomic E-state index is 13.5. The number of nitrogens with one attached hydrogen (secondary N) is 1. The van der Waals surface area contributed by atoms with Gasteiger partial charge in [-0.05, 0) is 57.9 Å². The third-order valence-electron chi connectivity index (χ3n) is 6.76. The number of nitrogens with two attached hydrogens (primary N) is 1. The second kappa shape index (κ2) is 14.6. The van der Waals surface area contributed by atoms with E-state index in [0.717, 1.165) is 11.3 Å². The van der Waals surface area contributed by atoms with E-state index in [-0.39, 0.29) is 24.9 Å². The summed E-state index contributed by atoms with van der Waals surface area (Å²) in [5.74, 6) is -1.58. The number of nitrogens with zero attached hydrogens (tertiary/aromatic N) is 5. The SMILES string of the molecule is CC(C)(C)N(CC(=O)N1CCCN1c1cc(F)ccc1Cl)C(=O)O.NC(=O)NCC(=O)N1CCCN1c1cc(F)ccc1Cl. The number of anilines is 2. The van der Waals surface area contributed by atoms with Gasteiger partial charge in [0.1, 0.15) is 24.7 Å². The number of hydrogen-bond donors (Lipinski definition) is 3. The Bertz CT molecular complexity index is 1390. The van der Waals surface area contributed by atoms with Crippen LogP contribution in [0.5, 0.6) is 0 Å². The Morgan fingerprint density at radius 2 is 1.32 bits per heavy atom. The van der Waals surface area contributed by atoms with Crippen molar-refractivity contribution in [3.63, 3.8) is 0 Å². The fourth-order valence-corrected chi connectivity index (χ4v) is 5.10. The minimum atomic E-state index is -1.16. The molecule has 4 rings (SSSR count). The zero-order valence-electron chi connectivity index (χ0n) is 24.5. The van der Waals surface area contributed by atoms with Crippen LogP contribution in [0, 0.1) is 11.6 Å². The number of carbonyl (C=O) groups is 4. The first-order chi connectivity index (χ1) is 20.6. The van der Waals surface area contributed by atoms with E-state index >= 15 is 0 Å². The Labute approximate surface area is 263 Å². The molecule has 4 N–H and O–H groups in total. The molecule has 2 aliphatic heterocycles. The number of primary amides is 1. The van der Waals surface area contributed by atoms with Crippen LogP contribution in [-0.4, -0.2) is 88.8 Å². The Kier molecular flexibility index (Phi) is 11.4. The second-order valence-corrected chi connectivity index (χ2v) is 11.8. The Balaban J connectivity index is 0.000000244. The van der Waals surface area contributed by atoms with Gasteiger partial charge in [-0.3, -0.25) is 34.5 Å². The van der Waals surface area contributed by atoms with Crippen molar-refractivity contribution in [3.8, 4) is 0 Å². The molecule has 0 unspecified atom stereocenters. The van der Waals surface area contributed by atoms with Crippen LogP contribution in [-0.2, 0) is 9.59 Å². The molecule has 2 fully saturated rings. The summed E-state index contributed by atoms with van der Waals surface area (Å²) in [4.78, 5) is 47.8. The predicted octanol–water partition coefficient (Wildman–Crippen LogP) is 4.31. The highest BCUT2D eigenvalue weighted by atomic mass is 35.5. The van der Waals surface area contributed by atoms with E-state index in [2.05, 4.69) is 5.32 Å². The molecule has 2 saturated heterocycles. The number of amides is 5. The highest BCUT2D eigenvalue weighted by Gasteiger charge is 2.34. The molecule has 2 aromatic rings. The Hall–Kier alpha value is -4.04. The first kappa shape index (κ1) is 34.5. The number of rotatable bonds is 6. The van der Waals surface area contributed by atoms with Crippen LogP contribution in [0.25, 0.3) is 0 Å². The lowest BCUT2D eigenvalue weighted by Crippen LogP contribution is -2.52. The van der Waals surface area contributed by atoms with Gasteiger partial charge in [0.2, 0.25) is 0 Å². The number of carboxylic acid groups (broad SMARTS) is 1. The van der Waals surface area contributed by atoms with Gasteiger partial charge in [-0.1, -0.05) is 23.2 Å². The summed E-state index contributed by atoms with van der Waals surface area (Å²) in [6.07, 6.45) is 0.265. The van der Waals surface area contributed by atoms with Crippen LogP contribution in [0.4, 0.5) is 29.7 Å². The van der Waals surface area contributed by atoms with Crippen molar-refractivity contribution in [2.75, 3.05) is 49.3 Å². The average molecular weight is 659 g/mol. The number of hydrazine groups is 2. The topological polar surface area (TPSA) is 143 Å². The highest BCUT2D eigenvalue weighted by Crippen LogP contribution is 2.32. The normalized spacial score (nSPS) is 14.7. The van der Waals surface area contributed by atoms with Gasteiger partial charge in [0.15, 0.2) is 0 Å². The van der Waals surface area contributed by atoms with Crippen molar-refractivity contribution in [3.05, 3.63) is 58.1 Å². The molecular weight excluding hydrogens is 623 g/mol. The minimum Gasteiger partial charge on any atom is -0.465 e. The van der Waals surface area contributed by atoms with Gasteiger partial charge in [0.25, 0.3) is 11.8 Å². The van der Waals surface area contributed by atoms with Crippen molar-refractivity contribution in [2.45, 2.75) is 39.2 Å². The van der Waals surface area contributed by atoms with E-state index in [1.54, 1.807) is 30.8 Å². The van der Waals surface area contributed by atoms with Crippen molar-refractivity contribution < 1.29 is 33.1 Å². The number of halogens is 4. The number of benzene rings is 2. The lowest BCUT2D eigenvalue weighted by Gasteiger charge is -2.36. The third-order valence-corrected chi connectivity index (χ3v) is 7.40. The summed E-state index contributed by atoms with van der Waals surface area (Å²) in [6, 6.07) is 7.15. The minimum absolute atomic E-state index is 0.210. The molecule has 0 saturated carbocycles. The zero-order valence-corrected chi connectivity index (χ0v) is 26.0. The summed E-state index contributed by atoms with van der Waals surface area (Å²) >= 11 is 12.2. The number of carbonyl (C=O) groups excluding carboxylic acids is 3. The zero-order chi connectivity index (χ0) is 32.8. The molecule has 0 radical (unpaired) electrons. The van der Waals surface area contributed by atoms with E-state index < -0.39 is 29.3 Å². The standard InChI is InChI=1S/C16H21ClFN3O3.C12H14ClFN4O2/c1-16(2,3)19(15(23)24)10-14(22)21-8-4-7-20(21)13-9-11(18)5-6-12(13)17;13-9-3-2-8(14)6-10(9)17-4-1-5-18(17)11(19)7-16-12(15)20/h5-6,9H,4,7-8,10H2,1-3H3,(H,23,24);2-3,6H,1,4-5,7H2,(H3,15,16,20). The van der Waals surface area contributed by atoms with Crippen LogP contribution in [0.1, 0.15) is 33.6 Å². The molecule has 0 aromatic heterocycles. The molecule has 2 heterocycles. The van der Waals surface area contributed by atoms with E-state index in [9.17, 15) is 33.1 Å². The van der Waals surface area contributed by atoms with Crippen LogP contribution < -0.4 is 21.1 Å². The van der Waals surface area contributed by atoms with E-state index in [1.165, 1.54) is 46.4 Å². The van der Waals surface area contributed by atoms with Crippen molar-refractivity contribution in [2.24, 2.45) is 5.73 Å². The lowest BCUT2D eigenvalue weighted by atomic mass is 10.1. The molecule has 12 nitrogen and oxygen atoms in total. The average Bonchev–Trinajstić information content (AvgIpc) is 3.63. The molecular formula is C28H35Cl2F2N7O5. The monoisotopic (exact) mass is 657 g/mol. The summed E-state index contributed by atoms with van der Waals surface area (Å²) in [5.41, 5.74) is 5.05. The summed E-state index contributed by atoms with van der Waals surface area (Å²) in [5, 5.41) is 18.3. The van der Waals surface area contributed by atoms with Gasteiger partial charge < -0.3 is 16.2 Å². The highest BCUT2D eigenvalue weighted by molar-refractivity contribution is 6.33. The fourth-order valence-electron chi connectivity index (χ4n) is 4.67. The molecule has 0 bridgehead atoms. The molecule has 0 spiro atoms. The molecule has 2 aliphatic rings. The molecule has 0 aliphatic carbocycles. The van der Waals surface area contributed by atoms with Crippen molar-refractivity contribution in [1.82, 2.24) is 20.2 Å². The summed E-state index contributed by atoms with van der Waals surface area (Å²) < 4.78 is 26.8. The molecule has 240 valence electrons. The molecule has 16 heteroatoms. The molecule has 5 amide bonds. The van der Waals surface area contributed by atoms with Crippen molar-refractivity contribution in [1.29, 1.82) is 0 Å². The first-order valence-corrected chi connectivity index (χ1v) is 14.5. The molecule has 2 aromatic carbocycles. The van der Waals surface area contributed by atoms with E-state index in [0.29, 0.717) is 54.0 Å². The van der Waals surface area contributed by atoms with Crippen LogP contribution >= 0.6 is 23.2 Å². The summed E-state index contributed by atoms with van der Waals surface area (Å²) in [6.45, 7) is 6.65.